The molecule has 1 aromatic rings. The summed E-state index contributed by atoms with van der Waals surface area (Å²) in [5, 5.41) is 11.8. The van der Waals surface area contributed by atoms with E-state index < -0.39 is 0 Å². The predicted molar refractivity (Wildman–Crippen MR) is 74.4 cm³/mol. The number of ether oxygens (including phenoxy) is 3. The van der Waals surface area contributed by atoms with Crippen molar-refractivity contribution in [3.63, 3.8) is 0 Å². The highest BCUT2D eigenvalue weighted by Crippen LogP contribution is 2.21. The van der Waals surface area contributed by atoms with Crippen LogP contribution in [0.15, 0.2) is 24.3 Å². The third kappa shape index (κ3) is 3.94. The van der Waals surface area contributed by atoms with Crippen molar-refractivity contribution < 1.29 is 14.2 Å². The van der Waals surface area contributed by atoms with Gasteiger partial charge in [-0.3, -0.25) is 0 Å². The molecule has 1 atom stereocenters. The van der Waals surface area contributed by atoms with E-state index in [0.717, 1.165) is 26.1 Å². The van der Waals surface area contributed by atoms with E-state index >= 15 is 0 Å². The first-order valence-corrected chi connectivity index (χ1v) is 6.70. The van der Waals surface area contributed by atoms with Crippen molar-refractivity contribution in [3.05, 3.63) is 29.8 Å². The molecule has 1 aromatic carbocycles. The Morgan fingerprint density at radius 3 is 2.80 bits per heavy atom. The molecule has 1 unspecified atom stereocenters. The van der Waals surface area contributed by atoms with Crippen molar-refractivity contribution in [3.8, 4) is 11.8 Å². The lowest BCUT2D eigenvalue weighted by Crippen LogP contribution is -2.42. The summed E-state index contributed by atoms with van der Waals surface area (Å²) in [6, 6.07) is 9.68. The Labute approximate surface area is 119 Å². The van der Waals surface area contributed by atoms with Crippen molar-refractivity contribution in [1.82, 2.24) is 5.32 Å². The van der Waals surface area contributed by atoms with Gasteiger partial charge in [0.2, 0.25) is 0 Å². The van der Waals surface area contributed by atoms with Crippen molar-refractivity contribution in [2.24, 2.45) is 0 Å². The van der Waals surface area contributed by atoms with E-state index in [9.17, 15) is 0 Å². The molecule has 2 rings (SSSR count). The summed E-state index contributed by atoms with van der Waals surface area (Å²) in [5.74, 6) is 0.716. The van der Waals surface area contributed by atoms with E-state index in [1.165, 1.54) is 5.56 Å². The summed E-state index contributed by atoms with van der Waals surface area (Å²) in [7, 11) is 1.73. The second kappa shape index (κ2) is 7.25. The van der Waals surface area contributed by atoms with Crippen LogP contribution in [-0.4, -0.2) is 39.1 Å². The predicted octanol–water partition coefficient (Wildman–Crippen LogP) is 1.48. The van der Waals surface area contributed by atoms with Crippen LogP contribution in [0.1, 0.15) is 12.0 Å². The highest BCUT2D eigenvalue weighted by Gasteiger charge is 2.34. The quantitative estimate of drug-likeness (QED) is 0.817. The number of nitrogens with one attached hydrogen (secondary N) is 1. The molecule has 108 valence electrons. The minimum Gasteiger partial charge on any atom is -0.479 e. The van der Waals surface area contributed by atoms with Gasteiger partial charge in [-0.1, -0.05) is 12.1 Å². The molecular formula is C15H20N2O3. The standard InChI is InChI=1S/C15H20N2O3/c1-18-15(6-8-19-12-15)11-17-10-13-2-4-14(5-3-13)20-9-7-16/h2-5,17H,6,8-12H2,1H3. The zero-order valence-corrected chi connectivity index (χ0v) is 11.7. The molecule has 20 heavy (non-hydrogen) atoms. The number of hydrogen-bond donors (Lipinski definition) is 1. The van der Waals surface area contributed by atoms with Gasteiger partial charge in [-0.05, 0) is 17.7 Å². The minimum atomic E-state index is -0.185. The van der Waals surface area contributed by atoms with Gasteiger partial charge in [-0.25, -0.2) is 0 Å². The first-order valence-electron chi connectivity index (χ1n) is 6.70. The van der Waals surface area contributed by atoms with Gasteiger partial charge < -0.3 is 19.5 Å². The van der Waals surface area contributed by atoms with Crippen molar-refractivity contribution in [2.45, 2.75) is 18.6 Å². The largest absolute Gasteiger partial charge is 0.479 e. The lowest BCUT2D eigenvalue weighted by atomic mass is 10.0. The van der Waals surface area contributed by atoms with Crippen LogP contribution >= 0.6 is 0 Å². The smallest absolute Gasteiger partial charge is 0.174 e. The SMILES string of the molecule is COC1(CNCc2ccc(OCC#N)cc2)CCOC1. The molecule has 1 saturated heterocycles. The van der Waals surface area contributed by atoms with Crippen LogP contribution < -0.4 is 10.1 Å². The normalized spacial score (nSPS) is 21.6. The Morgan fingerprint density at radius 2 is 2.20 bits per heavy atom. The van der Waals surface area contributed by atoms with Crippen LogP contribution in [0.3, 0.4) is 0 Å². The lowest BCUT2D eigenvalue weighted by molar-refractivity contribution is -0.0159. The summed E-state index contributed by atoms with van der Waals surface area (Å²) >= 11 is 0. The molecule has 1 fully saturated rings. The number of methoxy groups -OCH3 is 1. The summed E-state index contributed by atoms with van der Waals surface area (Å²) in [6.07, 6.45) is 0.928. The average molecular weight is 276 g/mol. The van der Waals surface area contributed by atoms with E-state index in [1.54, 1.807) is 7.11 Å². The van der Waals surface area contributed by atoms with Gasteiger partial charge in [-0.2, -0.15) is 5.26 Å². The molecule has 0 amide bonds. The second-order valence-corrected chi connectivity index (χ2v) is 4.88. The number of rotatable bonds is 7. The summed E-state index contributed by atoms with van der Waals surface area (Å²) in [6.45, 7) is 3.03. The molecule has 0 saturated carbocycles. The van der Waals surface area contributed by atoms with Crippen LogP contribution in [0, 0.1) is 11.3 Å². The molecule has 0 aliphatic carbocycles. The van der Waals surface area contributed by atoms with Gasteiger partial charge in [0, 0.05) is 33.2 Å². The molecule has 5 nitrogen and oxygen atoms in total. The highest BCUT2D eigenvalue weighted by atomic mass is 16.5. The maximum Gasteiger partial charge on any atom is 0.174 e. The van der Waals surface area contributed by atoms with Gasteiger partial charge in [0.15, 0.2) is 6.61 Å². The molecule has 0 aromatic heterocycles. The van der Waals surface area contributed by atoms with Crippen LogP contribution in [0.2, 0.25) is 0 Å². The maximum absolute atomic E-state index is 8.44. The highest BCUT2D eigenvalue weighted by molar-refractivity contribution is 5.27. The van der Waals surface area contributed by atoms with Crippen molar-refractivity contribution >= 4 is 0 Å². The Hall–Kier alpha value is -1.61. The van der Waals surface area contributed by atoms with Crippen molar-refractivity contribution in [2.75, 3.05) is 33.5 Å². The molecule has 1 heterocycles. The van der Waals surface area contributed by atoms with Gasteiger partial charge >= 0.3 is 0 Å². The minimum absolute atomic E-state index is 0.0773. The van der Waals surface area contributed by atoms with Gasteiger partial charge in [0.05, 0.1) is 6.61 Å². The molecule has 0 spiro atoms. The van der Waals surface area contributed by atoms with Crippen molar-refractivity contribution in [1.29, 1.82) is 5.26 Å². The number of nitriles is 1. The van der Waals surface area contributed by atoms with Crippen LogP contribution in [-0.2, 0) is 16.0 Å². The van der Waals surface area contributed by atoms with E-state index in [0.29, 0.717) is 12.4 Å². The zero-order valence-electron chi connectivity index (χ0n) is 11.7. The second-order valence-electron chi connectivity index (χ2n) is 4.88. The maximum atomic E-state index is 8.44. The van der Waals surface area contributed by atoms with E-state index in [4.69, 9.17) is 19.5 Å². The van der Waals surface area contributed by atoms with E-state index in [2.05, 4.69) is 5.32 Å². The lowest BCUT2D eigenvalue weighted by Gasteiger charge is -2.26. The fourth-order valence-electron chi connectivity index (χ4n) is 2.21. The Morgan fingerprint density at radius 1 is 1.40 bits per heavy atom. The number of hydrogen-bond acceptors (Lipinski definition) is 5. The summed E-state index contributed by atoms with van der Waals surface area (Å²) in [4.78, 5) is 0. The fourth-order valence-corrected chi connectivity index (χ4v) is 2.21. The average Bonchev–Trinajstić information content (AvgIpc) is 2.96. The molecule has 0 bridgehead atoms. The molecule has 1 aliphatic heterocycles. The first kappa shape index (κ1) is 14.8. The van der Waals surface area contributed by atoms with Crippen LogP contribution in [0.25, 0.3) is 0 Å². The summed E-state index contributed by atoms with van der Waals surface area (Å²) in [5.41, 5.74) is 0.982. The third-order valence-electron chi connectivity index (χ3n) is 3.50. The molecule has 5 heteroatoms. The molecule has 1 N–H and O–H groups in total. The van der Waals surface area contributed by atoms with Gasteiger partial charge in [0.25, 0.3) is 0 Å². The Bertz CT molecular complexity index is 447. The topological polar surface area (TPSA) is 63.5 Å². The third-order valence-corrected chi connectivity index (χ3v) is 3.50. The summed E-state index contributed by atoms with van der Waals surface area (Å²) < 4.78 is 16.2. The monoisotopic (exact) mass is 276 g/mol. The van der Waals surface area contributed by atoms with E-state index in [1.807, 2.05) is 30.3 Å². The molecular weight excluding hydrogens is 256 g/mol. The van der Waals surface area contributed by atoms with Crippen LogP contribution in [0.4, 0.5) is 0 Å². The van der Waals surface area contributed by atoms with E-state index in [-0.39, 0.29) is 12.2 Å². The Kier molecular flexibility index (Phi) is 5.36. The number of benzene rings is 1. The molecule has 0 radical (unpaired) electrons. The number of nitrogens with zero attached hydrogens (tertiary/aromatic N) is 1. The fraction of sp³-hybridized carbons (Fsp3) is 0.533. The van der Waals surface area contributed by atoms with Crippen LogP contribution in [0.5, 0.6) is 5.75 Å². The van der Waals surface area contributed by atoms with Gasteiger partial charge in [-0.15, -0.1) is 0 Å². The van der Waals surface area contributed by atoms with Gasteiger partial charge in [0.1, 0.15) is 17.4 Å². The Balaban J connectivity index is 1.78. The first-order chi connectivity index (χ1) is 9.78. The zero-order chi connectivity index (χ0) is 14.3. The molecule has 1 aliphatic rings.